The van der Waals surface area contributed by atoms with Gasteiger partial charge in [-0.25, -0.2) is 9.59 Å². The number of likely N-dealkylation sites (N-methyl/N-ethyl adjacent to an activating group) is 1. The van der Waals surface area contributed by atoms with Gasteiger partial charge in [-0.05, 0) is 20.3 Å². The zero-order valence-corrected chi connectivity index (χ0v) is 11.8. The van der Waals surface area contributed by atoms with Gasteiger partial charge < -0.3 is 20.2 Å². The topological polar surface area (TPSA) is 90.0 Å². The molecule has 1 heterocycles. The fourth-order valence-corrected chi connectivity index (χ4v) is 1.92. The van der Waals surface area contributed by atoms with Crippen LogP contribution < -0.4 is 5.32 Å². The van der Waals surface area contributed by atoms with E-state index in [9.17, 15) is 14.4 Å². The Bertz CT molecular complexity index is 394. The van der Waals surface area contributed by atoms with Crippen molar-refractivity contribution in [2.75, 3.05) is 20.1 Å². The molecule has 108 valence electrons. The molecule has 0 aromatic rings. The summed E-state index contributed by atoms with van der Waals surface area (Å²) in [5.74, 6) is -1.28. The van der Waals surface area contributed by atoms with E-state index in [-0.39, 0.29) is 5.91 Å². The largest absolute Gasteiger partial charge is 0.480 e. The van der Waals surface area contributed by atoms with Crippen LogP contribution in [0, 0.1) is 0 Å². The minimum Gasteiger partial charge on any atom is -0.480 e. The highest BCUT2D eigenvalue weighted by Crippen LogP contribution is 2.18. The smallest absolute Gasteiger partial charge is 0.329 e. The molecule has 1 rings (SSSR count). The third kappa shape index (κ3) is 2.80. The van der Waals surface area contributed by atoms with Crippen LogP contribution in [-0.4, -0.2) is 64.5 Å². The number of carbonyl (C=O) groups is 3. The van der Waals surface area contributed by atoms with Crippen molar-refractivity contribution in [1.82, 2.24) is 15.1 Å². The minimum absolute atomic E-state index is 0.191. The van der Waals surface area contributed by atoms with Gasteiger partial charge in [0.25, 0.3) is 0 Å². The van der Waals surface area contributed by atoms with E-state index in [2.05, 4.69) is 5.32 Å². The van der Waals surface area contributed by atoms with Crippen LogP contribution in [0.5, 0.6) is 0 Å². The van der Waals surface area contributed by atoms with Crippen LogP contribution in [0.15, 0.2) is 0 Å². The second-order valence-electron chi connectivity index (χ2n) is 5.11. The highest BCUT2D eigenvalue weighted by Gasteiger charge is 2.40. The Labute approximate surface area is 112 Å². The van der Waals surface area contributed by atoms with Crippen LogP contribution in [0.1, 0.15) is 27.2 Å². The van der Waals surface area contributed by atoms with E-state index in [1.54, 1.807) is 0 Å². The summed E-state index contributed by atoms with van der Waals surface area (Å²) in [4.78, 5) is 37.8. The molecule has 0 spiro atoms. The van der Waals surface area contributed by atoms with Gasteiger partial charge in [-0.3, -0.25) is 4.79 Å². The van der Waals surface area contributed by atoms with Gasteiger partial charge in [0.1, 0.15) is 11.6 Å². The number of hydrogen-bond donors (Lipinski definition) is 2. The number of rotatable bonds is 3. The molecule has 0 aliphatic carbocycles. The molecule has 0 saturated carbocycles. The molecule has 1 saturated heterocycles. The van der Waals surface area contributed by atoms with E-state index < -0.39 is 23.6 Å². The van der Waals surface area contributed by atoms with Crippen LogP contribution in [0.3, 0.4) is 0 Å². The average Bonchev–Trinajstić information content (AvgIpc) is 2.36. The first-order chi connectivity index (χ1) is 8.73. The lowest BCUT2D eigenvalue weighted by molar-refractivity contribution is -0.147. The molecule has 3 amide bonds. The summed E-state index contributed by atoms with van der Waals surface area (Å²) in [6, 6.07) is -0.970. The fourth-order valence-electron chi connectivity index (χ4n) is 1.92. The molecular formula is C12H21N3O4. The molecule has 7 heteroatoms. The molecule has 1 unspecified atom stereocenters. The van der Waals surface area contributed by atoms with Gasteiger partial charge in [0.15, 0.2) is 0 Å². The van der Waals surface area contributed by atoms with Crippen molar-refractivity contribution in [3.8, 4) is 0 Å². The average molecular weight is 271 g/mol. The van der Waals surface area contributed by atoms with E-state index in [0.29, 0.717) is 19.5 Å². The van der Waals surface area contributed by atoms with E-state index >= 15 is 0 Å². The van der Waals surface area contributed by atoms with Gasteiger partial charge in [-0.15, -0.1) is 0 Å². The lowest BCUT2D eigenvalue weighted by atomic mass is 10.0. The molecule has 0 radical (unpaired) electrons. The Balaban J connectivity index is 2.92. The number of hydrogen-bond acceptors (Lipinski definition) is 3. The summed E-state index contributed by atoms with van der Waals surface area (Å²) in [6.07, 6.45) is 0.499. The minimum atomic E-state index is -1.32. The first kappa shape index (κ1) is 15.3. The molecule has 0 bridgehead atoms. The molecule has 1 aliphatic heterocycles. The van der Waals surface area contributed by atoms with Crippen molar-refractivity contribution < 1.29 is 19.5 Å². The van der Waals surface area contributed by atoms with Crippen LogP contribution in [0.25, 0.3) is 0 Å². The number of carboxylic acid groups (broad SMARTS) is 1. The van der Waals surface area contributed by atoms with Gasteiger partial charge in [-0.2, -0.15) is 0 Å². The first-order valence-electron chi connectivity index (χ1n) is 6.29. The fraction of sp³-hybridized carbons (Fsp3) is 0.750. The predicted molar refractivity (Wildman–Crippen MR) is 68.7 cm³/mol. The van der Waals surface area contributed by atoms with Gasteiger partial charge in [0.2, 0.25) is 5.91 Å². The molecule has 1 aliphatic rings. The Morgan fingerprint density at radius 2 is 2.11 bits per heavy atom. The zero-order chi connectivity index (χ0) is 14.8. The second kappa shape index (κ2) is 5.46. The summed E-state index contributed by atoms with van der Waals surface area (Å²) in [5, 5.41) is 11.8. The molecule has 1 atom stereocenters. The summed E-state index contributed by atoms with van der Waals surface area (Å²) in [7, 11) is 1.44. The number of urea groups is 1. The van der Waals surface area contributed by atoms with Crippen LogP contribution in [0.4, 0.5) is 4.79 Å². The Morgan fingerprint density at radius 3 is 2.58 bits per heavy atom. The third-order valence-corrected chi connectivity index (χ3v) is 3.61. The van der Waals surface area contributed by atoms with Gasteiger partial charge in [0.05, 0.1) is 0 Å². The van der Waals surface area contributed by atoms with E-state index in [1.165, 1.54) is 25.8 Å². The monoisotopic (exact) mass is 271 g/mol. The van der Waals surface area contributed by atoms with E-state index in [4.69, 9.17) is 5.11 Å². The highest BCUT2D eigenvalue weighted by atomic mass is 16.4. The standard InChI is InChI=1S/C12H21N3O4/c1-5-8-9(16)13-6-7-15(8)11(19)14(4)12(2,3)10(17)18/h8H,5-7H2,1-4H3,(H,13,16)(H,17,18). The van der Waals surface area contributed by atoms with Gasteiger partial charge in [0, 0.05) is 20.1 Å². The molecule has 2 N–H and O–H groups in total. The maximum Gasteiger partial charge on any atom is 0.329 e. The Morgan fingerprint density at radius 1 is 1.53 bits per heavy atom. The third-order valence-electron chi connectivity index (χ3n) is 3.61. The molecule has 0 aromatic heterocycles. The van der Waals surface area contributed by atoms with Crippen LogP contribution in [-0.2, 0) is 9.59 Å². The van der Waals surface area contributed by atoms with Crippen molar-refractivity contribution in [2.45, 2.75) is 38.8 Å². The molecule has 19 heavy (non-hydrogen) atoms. The lowest BCUT2D eigenvalue weighted by Crippen LogP contribution is -2.62. The highest BCUT2D eigenvalue weighted by molar-refractivity contribution is 5.90. The van der Waals surface area contributed by atoms with Crippen molar-refractivity contribution >= 4 is 17.9 Å². The lowest BCUT2D eigenvalue weighted by Gasteiger charge is -2.40. The normalized spacial score (nSPS) is 19.9. The second-order valence-corrected chi connectivity index (χ2v) is 5.11. The number of piperazine rings is 1. The number of amides is 3. The predicted octanol–water partition coefficient (Wildman–Crippen LogP) is 0.112. The van der Waals surface area contributed by atoms with Crippen LogP contribution in [0.2, 0.25) is 0 Å². The summed E-state index contributed by atoms with van der Waals surface area (Å²) < 4.78 is 0. The maximum absolute atomic E-state index is 12.4. The maximum atomic E-state index is 12.4. The van der Waals surface area contributed by atoms with Crippen molar-refractivity contribution in [1.29, 1.82) is 0 Å². The number of nitrogens with one attached hydrogen (secondary N) is 1. The molecule has 1 fully saturated rings. The summed E-state index contributed by atoms with van der Waals surface area (Å²) in [6.45, 7) is 5.51. The zero-order valence-electron chi connectivity index (χ0n) is 11.8. The van der Waals surface area contributed by atoms with Gasteiger partial charge >= 0.3 is 12.0 Å². The number of aliphatic carboxylic acids is 1. The quantitative estimate of drug-likeness (QED) is 0.762. The van der Waals surface area contributed by atoms with Crippen molar-refractivity contribution in [2.24, 2.45) is 0 Å². The van der Waals surface area contributed by atoms with Crippen LogP contribution >= 0.6 is 0 Å². The van der Waals surface area contributed by atoms with E-state index in [0.717, 1.165) is 4.90 Å². The van der Waals surface area contributed by atoms with E-state index in [1.807, 2.05) is 6.92 Å². The van der Waals surface area contributed by atoms with Crippen molar-refractivity contribution in [3.05, 3.63) is 0 Å². The Kier molecular flexibility index (Phi) is 4.39. The van der Waals surface area contributed by atoms with Gasteiger partial charge in [-0.1, -0.05) is 6.92 Å². The number of carboxylic acids is 1. The number of nitrogens with zero attached hydrogens (tertiary/aromatic N) is 2. The molecular weight excluding hydrogens is 250 g/mol. The summed E-state index contributed by atoms with van der Waals surface area (Å²) >= 11 is 0. The summed E-state index contributed by atoms with van der Waals surface area (Å²) in [5.41, 5.74) is -1.32. The SMILES string of the molecule is CCC1C(=O)NCCN1C(=O)N(C)C(C)(C)C(=O)O. The van der Waals surface area contributed by atoms with Crippen molar-refractivity contribution in [3.63, 3.8) is 0 Å². The number of carbonyl (C=O) groups excluding carboxylic acids is 2. The first-order valence-corrected chi connectivity index (χ1v) is 6.29. The Hall–Kier alpha value is -1.79. The molecule has 7 nitrogen and oxygen atoms in total. The molecule has 0 aromatic carbocycles.